The zero-order valence-corrected chi connectivity index (χ0v) is 33.0. The third-order valence-corrected chi connectivity index (χ3v) is 7.99. The molecular weight excluding hydrogens is 722 g/mol. The number of carbonyl (C=O) groups is 7. The maximum absolute atomic E-state index is 13.7. The Morgan fingerprint density at radius 1 is 0.643 bits per heavy atom. The highest BCUT2D eigenvalue weighted by molar-refractivity contribution is 6.44. The molecule has 0 spiro atoms. The maximum atomic E-state index is 13.7. The molecule has 0 aliphatic carbocycles. The van der Waals surface area contributed by atoms with E-state index in [0.29, 0.717) is 18.4 Å². The number of anilines is 1. The van der Waals surface area contributed by atoms with Gasteiger partial charge in [-0.15, -0.1) is 0 Å². The summed E-state index contributed by atoms with van der Waals surface area (Å²) in [5.74, 6) is -4.15. The zero-order chi connectivity index (χ0) is 41.5. The molecule has 5 amide bonds. The fourth-order valence-electron chi connectivity index (χ4n) is 5.38. The van der Waals surface area contributed by atoms with Gasteiger partial charge in [0.05, 0.1) is 18.4 Å². The Kier molecular flexibility index (Phi) is 16.4. The molecule has 0 aliphatic rings. The predicted molar refractivity (Wildman–Crippen MR) is 210 cm³/mol. The molecule has 2 unspecified atom stereocenters. The van der Waals surface area contributed by atoms with Gasteiger partial charge in [0.15, 0.2) is 0 Å². The van der Waals surface area contributed by atoms with Crippen LogP contribution in [0.3, 0.4) is 0 Å². The summed E-state index contributed by atoms with van der Waals surface area (Å²) >= 11 is 0. The van der Waals surface area contributed by atoms with Crippen molar-refractivity contribution in [2.75, 3.05) is 25.5 Å². The van der Waals surface area contributed by atoms with Crippen molar-refractivity contribution >= 4 is 58.1 Å². The lowest BCUT2D eigenvalue weighted by Gasteiger charge is -2.23. The van der Waals surface area contributed by atoms with Crippen LogP contribution in [0.25, 0.3) is 10.8 Å². The van der Waals surface area contributed by atoms with Crippen LogP contribution in [0.15, 0.2) is 66.7 Å². The van der Waals surface area contributed by atoms with Gasteiger partial charge < -0.3 is 40.8 Å². The van der Waals surface area contributed by atoms with Crippen molar-refractivity contribution in [3.05, 3.63) is 77.9 Å². The quantitative estimate of drug-likeness (QED) is 0.0387. The number of unbranched alkanes of at least 4 members (excludes halogenated alkanes) is 1. The van der Waals surface area contributed by atoms with Gasteiger partial charge in [-0.1, -0.05) is 42.5 Å². The summed E-state index contributed by atoms with van der Waals surface area (Å²) in [5, 5.41) is 14.8. The van der Waals surface area contributed by atoms with E-state index < -0.39 is 64.9 Å². The van der Waals surface area contributed by atoms with Crippen LogP contribution in [0.4, 0.5) is 15.3 Å². The van der Waals surface area contributed by atoms with Crippen LogP contribution < -0.4 is 26.6 Å². The number of ketones is 1. The van der Waals surface area contributed by atoms with Gasteiger partial charge in [0.2, 0.25) is 5.91 Å². The average molecular weight is 776 g/mol. The third kappa shape index (κ3) is 15.0. The highest BCUT2D eigenvalue weighted by Gasteiger charge is 2.30. The van der Waals surface area contributed by atoms with Crippen molar-refractivity contribution in [3.63, 3.8) is 0 Å². The normalized spacial score (nSPS) is 12.3. The molecule has 5 N–H and O–H groups in total. The molecule has 3 aromatic carbocycles. The van der Waals surface area contributed by atoms with E-state index in [2.05, 4.69) is 26.6 Å². The number of rotatable bonds is 17. The molecule has 302 valence electrons. The van der Waals surface area contributed by atoms with E-state index in [1.165, 1.54) is 18.2 Å². The number of benzene rings is 3. The summed E-state index contributed by atoms with van der Waals surface area (Å²) in [6, 6.07) is 16.3. The standard InChI is InChI=1S/C41H53N5O10/c1-40(2,3)55-38(52)42-23-13-12-19-31(35(49)46-32(37(51)54-7)20-14-24-43-39(53)56-41(4,5)6)45-36(50)33(47)29-17-10-11-18-30(29)44-34(48)28-22-21-26-15-8-9-16-27(26)25-28/h8-11,15-18,21-22,25,31-32H,12-14,19-20,23-24H2,1-7H3,(H,42,52)(H,43,53)(H,44,48)(H,45,50)(H,46,49). The number of hydrogen-bond acceptors (Lipinski definition) is 10. The lowest BCUT2D eigenvalue weighted by molar-refractivity contribution is -0.145. The number of fused-ring (bicyclic) bond motifs is 1. The molecule has 2 atom stereocenters. The largest absolute Gasteiger partial charge is 0.467 e. The first-order valence-electron chi connectivity index (χ1n) is 18.4. The highest BCUT2D eigenvalue weighted by Crippen LogP contribution is 2.20. The first-order valence-corrected chi connectivity index (χ1v) is 18.4. The number of alkyl carbamates (subject to hydrolysis) is 2. The molecular formula is C41H53N5O10. The minimum atomic E-state index is -1.29. The van der Waals surface area contributed by atoms with Gasteiger partial charge in [-0.05, 0) is 109 Å². The van der Waals surface area contributed by atoms with E-state index in [0.717, 1.165) is 17.9 Å². The summed E-state index contributed by atoms with van der Waals surface area (Å²) in [7, 11) is 1.16. The van der Waals surface area contributed by atoms with Gasteiger partial charge in [-0.3, -0.25) is 19.2 Å². The molecule has 0 aromatic heterocycles. The monoisotopic (exact) mass is 775 g/mol. The summed E-state index contributed by atoms with van der Waals surface area (Å²) < 4.78 is 15.3. The van der Waals surface area contributed by atoms with Gasteiger partial charge in [0, 0.05) is 18.7 Å². The smallest absolute Gasteiger partial charge is 0.407 e. The Labute approximate surface area is 327 Å². The fourth-order valence-corrected chi connectivity index (χ4v) is 5.38. The molecule has 15 nitrogen and oxygen atoms in total. The van der Waals surface area contributed by atoms with E-state index >= 15 is 0 Å². The molecule has 0 fully saturated rings. The SMILES string of the molecule is COC(=O)C(CCCNC(=O)OC(C)(C)C)NC(=O)C(CCCCNC(=O)OC(C)(C)C)NC(=O)C(=O)c1ccccc1NC(=O)c1ccc2ccccc2c1. The number of carbonyl (C=O) groups excluding carboxylic acids is 7. The van der Waals surface area contributed by atoms with E-state index in [4.69, 9.17) is 14.2 Å². The molecule has 0 saturated carbocycles. The third-order valence-electron chi connectivity index (χ3n) is 7.99. The Balaban J connectivity index is 1.73. The van der Waals surface area contributed by atoms with Crippen molar-refractivity contribution < 1.29 is 47.8 Å². The highest BCUT2D eigenvalue weighted by atomic mass is 16.6. The lowest BCUT2D eigenvalue weighted by atomic mass is 10.0. The van der Waals surface area contributed by atoms with Crippen LogP contribution in [-0.4, -0.2) is 85.1 Å². The topological polar surface area (TPSA) is 207 Å². The van der Waals surface area contributed by atoms with Crippen molar-refractivity contribution in [3.8, 4) is 0 Å². The van der Waals surface area contributed by atoms with Crippen LogP contribution >= 0.6 is 0 Å². The number of ether oxygens (including phenoxy) is 3. The van der Waals surface area contributed by atoms with Crippen LogP contribution in [0, 0.1) is 0 Å². The number of para-hydroxylation sites is 1. The Morgan fingerprint density at radius 3 is 1.84 bits per heavy atom. The van der Waals surface area contributed by atoms with Crippen LogP contribution in [0.1, 0.15) is 94.4 Å². The number of nitrogens with one attached hydrogen (secondary N) is 5. The minimum Gasteiger partial charge on any atom is -0.467 e. The first kappa shape index (κ1) is 44.4. The molecule has 15 heteroatoms. The predicted octanol–water partition coefficient (Wildman–Crippen LogP) is 5.42. The van der Waals surface area contributed by atoms with Crippen LogP contribution in [-0.2, 0) is 28.6 Å². The lowest BCUT2D eigenvalue weighted by Crippen LogP contribution is -2.53. The fraction of sp³-hybridized carbons (Fsp3) is 0.439. The molecule has 3 rings (SSSR count). The number of methoxy groups -OCH3 is 1. The Hall–Kier alpha value is -5.99. The number of amides is 5. The zero-order valence-electron chi connectivity index (χ0n) is 33.0. The van der Waals surface area contributed by atoms with Crippen molar-refractivity contribution in [1.82, 2.24) is 21.3 Å². The van der Waals surface area contributed by atoms with Crippen LogP contribution in [0.5, 0.6) is 0 Å². The van der Waals surface area contributed by atoms with Gasteiger partial charge in [0.25, 0.3) is 17.6 Å². The van der Waals surface area contributed by atoms with E-state index in [1.54, 1.807) is 65.8 Å². The van der Waals surface area contributed by atoms with Gasteiger partial charge >= 0.3 is 18.2 Å². The molecule has 56 heavy (non-hydrogen) atoms. The molecule has 0 heterocycles. The molecule has 0 radical (unpaired) electrons. The van der Waals surface area contributed by atoms with Crippen molar-refractivity contribution in [2.45, 2.75) is 96.9 Å². The summed E-state index contributed by atoms with van der Waals surface area (Å²) in [6.45, 7) is 10.7. The maximum Gasteiger partial charge on any atom is 0.407 e. The first-order chi connectivity index (χ1) is 26.4. The van der Waals surface area contributed by atoms with E-state index in [1.807, 2.05) is 24.3 Å². The van der Waals surface area contributed by atoms with Crippen molar-refractivity contribution in [2.24, 2.45) is 0 Å². The second kappa shape index (κ2) is 20.6. The summed E-state index contributed by atoms with van der Waals surface area (Å²) in [4.78, 5) is 90.8. The molecule has 0 aliphatic heterocycles. The molecule has 0 bridgehead atoms. The van der Waals surface area contributed by atoms with Gasteiger partial charge in [0.1, 0.15) is 23.3 Å². The number of esters is 1. The Bertz CT molecular complexity index is 1880. The average Bonchev–Trinajstić information content (AvgIpc) is 3.13. The second-order valence-corrected chi connectivity index (χ2v) is 15.0. The second-order valence-electron chi connectivity index (χ2n) is 15.0. The molecule has 3 aromatic rings. The molecule has 0 saturated heterocycles. The van der Waals surface area contributed by atoms with Crippen molar-refractivity contribution in [1.29, 1.82) is 0 Å². The van der Waals surface area contributed by atoms with E-state index in [-0.39, 0.29) is 43.6 Å². The summed E-state index contributed by atoms with van der Waals surface area (Å²) in [6.07, 6.45) is -0.213. The summed E-state index contributed by atoms with van der Waals surface area (Å²) in [5.41, 5.74) is -1.07. The number of hydrogen-bond donors (Lipinski definition) is 5. The van der Waals surface area contributed by atoms with Crippen LogP contribution in [0.2, 0.25) is 0 Å². The Morgan fingerprint density at radius 2 is 1.21 bits per heavy atom. The minimum absolute atomic E-state index is 0.0231. The number of Topliss-reactive ketones (excluding diaryl/α,β-unsaturated/α-hetero) is 1. The van der Waals surface area contributed by atoms with E-state index in [9.17, 15) is 33.6 Å². The van der Waals surface area contributed by atoms with Gasteiger partial charge in [-0.2, -0.15) is 0 Å². The van der Waals surface area contributed by atoms with Gasteiger partial charge in [-0.25, -0.2) is 14.4 Å².